The molecule has 1 amide bonds. The van der Waals surface area contributed by atoms with Crippen molar-refractivity contribution in [3.05, 3.63) is 42.0 Å². The van der Waals surface area contributed by atoms with E-state index in [1.54, 1.807) is 17.0 Å². The van der Waals surface area contributed by atoms with E-state index >= 15 is 0 Å². The first-order valence-electron chi connectivity index (χ1n) is 12.7. The molecule has 0 aliphatic carbocycles. The van der Waals surface area contributed by atoms with E-state index in [9.17, 15) is 9.90 Å². The minimum absolute atomic E-state index is 0.113. The number of hydrogen-bond acceptors (Lipinski definition) is 7. The van der Waals surface area contributed by atoms with Crippen LogP contribution in [0.25, 0.3) is 11.1 Å². The number of amides is 1. The molecule has 194 valence electrons. The molecule has 2 aromatic rings. The fourth-order valence-corrected chi connectivity index (χ4v) is 4.53. The lowest BCUT2D eigenvalue weighted by molar-refractivity contribution is 0.0284. The number of likely N-dealkylation sites (tertiary alicyclic amines) is 1. The Morgan fingerprint density at radius 2 is 1.97 bits per heavy atom. The largest absolute Gasteiger partial charge is 0.508 e. The van der Waals surface area contributed by atoms with Crippen molar-refractivity contribution >= 4 is 18.0 Å². The molecule has 2 aromatic carbocycles. The topological polar surface area (TPSA) is 104 Å². The van der Waals surface area contributed by atoms with E-state index in [2.05, 4.69) is 5.32 Å². The van der Waals surface area contributed by atoms with Crippen molar-refractivity contribution in [2.45, 2.75) is 58.3 Å². The van der Waals surface area contributed by atoms with E-state index in [0.717, 1.165) is 42.5 Å². The molecular weight excluding hydrogens is 458 g/mol. The fraction of sp³-hybridized carbons (Fsp3) is 0.500. The highest BCUT2D eigenvalue weighted by molar-refractivity contribution is 5.92. The Kier molecular flexibility index (Phi) is 8.04. The number of nitrogens with zero attached hydrogens (tertiary/aromatic N) is 1. The molecular formula is C28H37N3O5. The fourth-order valence-electron chi connectivity index (χ4n) is 4.53. The normalized spacial score (nSPS) is 20.1. The first-order valence-corrected chi connectivity index (χ1v) is 12.7. The van der Waals surface area contributed by atoms with Crippen LogP contribution < -0.4 is 10.1 Å². The van der Waals surface area contributed by atoms with Crippen LogP contribution in [0.5, 0.6) is 11.5 Å². The maximum atomic E-state index is 12.4. The zero-order valence-electron chi connectivity index (χ0n) is 21.4. The second-order valence-corrected chi connectivity index (χ2v) is 10.5. The molecule has 1 unspecified atom stereocenters. The maximum Gasteiger partial charge on any atom is 0.410 e. The molecule has 3 N–H and O–H groups in total. The molecule has 4 rings (SSSR count). The predicted octanol–water partition coefficient (Wildman–Crippen LogP) is 5.63. The van der Waals surface area contributed by atoms with Crippen LogP contribution >= 0.6 is 0 Å². The lowest BCUT2D eigenvalue weighted by Crippen LogP contribution is -2.35. The SMILES string of the molecule is CC(C)(C)OC(=O)N1CC[C@H](COc2cc(-c3ccc(O)cc3)cc(NC3CCCCO3)c2C=N)C1. The average Bonchev–Trinajstić information content (AvgIpc) is 3.32. The summed E-state index contributed by atoms with van der Waals surface area (Å²) in [7, 11) is 0. The molecule has 36 heavy (non-hydrogen) atoms. The molecule has 8 heteroatoms. The van der Waals surface area contributed by atoms with Crippen molar-refractivity contribution in [3.8, 4) is 22.6 Å². The van der Waals surface area contributed by atoms with E-state index in [1.165, 1.54) is 6.21 Å². The van der Waals surface area contributed by atoms with E-state index in [-0.39, 0.29) is 24.0 Å². The highest BCUT2D eigenvalue weighted by Crippen LogP contribution is 2.35. The van der Waals surface area contributed by atoms with Crippen molar-refractivity contribution in [1.82, 2.24) is 4.90 Å². The molecule has 0 bridgehead atoms. The van der Waals surface area contributed by atoms with E-state index in [4.69, 9.17) is 19.6 Å². The smallest absolute Gasteiger partial charge is 0.410 e. The maximum absolute atomic E-state index is 12.4. The molecule has 2 saturated heterocycles. The van der Waals surface area contributed by atoms with Crippen LogP contribution in [0, 0.1) is 11.3 Å². The van der Waals surface area contributed by atoms with Gasteiger partial charge in [0.25, 0.3) is 0 Å². The Labute approximate surface area is 213 Å². The summed E-state index contributed by atoms with van der Waals surface area (Å²) in [5, 5.41) is 21.3. The van der Waals surface area contributed by atoms with E-state index in [1.807, 2.05) is 45.0 Å². The number of aromatic hydroxyl groups is 1. The van der Waals surface area contributed by atoms with Gasteiger partial charge in [0.15, 0.2) is 0 Å². The Morgan fingerprint density at radius 1 is 1.19 bits per heavy atom. The first-order chi connectivity index (χ1) is 17.2. The van der Waals surface area contributed by atoms with Crippen LogP contribution in [0.3, 0.4) is 0 Å². The van der Waals surface area contributed by atoms with Gasteiger partial charge in [0.2, 0.25) is 0 Å². The Morgan fingerprint density at radius 3 is 2.64 bits per heavy atom. The number of carbonyl (C=O) groups is 1. The summed E-state index contributed by atoms with van der Waals surface area (Å²) in [5.74, 6) is 0.979. The van der Waals surface area contributed by atoms with E-state index < -0.39 is 5.60 Å². The van der Waals surface area contributed by atoms with Crippen molar-refractivity contribution in [1.29, 1.82) is 5.41 Å². The van der Waals surface area contributed by atoms with Gasteiger partial charge in [-0.3, -0.25) is 0 Å². The minimum Gasteiger partial charge on any atom is -0.508 e. The minimum atomic E-state index is -0.523. The Bertz CT molecular complexity index is 1060. The lowest BCUT2D eigenvalue weighted by Gasteiger charge is -2.26. The van der Waals surface area contributed by atoms with Crippen molar-refractivity contribution in [2.24, 2.45) is 5.92 Å². The summed E-state index contributed by atoms with van der Waals surface area (Å²) in [6.07, 6.45) is 4.78. The first kappa shape index (κ1) is 25.8. The number of ether oxygens (including phenoxy) is 3. The molecule has 0 saturated carbocycles. The van der Waals surface area contributed by atoms with Crippen LogP contribution in [0.1, 0.15) is 52.0 Å². The van der Waals surface area contributed by atoms with Gasteiger partial charge in [0.05, 0.1) is 12.2 Å². The van der Waals surface area contributed by atoms with Gasteiger partial charge in [-0.2, -0.15) is 0 Å². The molecule has 0 radical (unpaired) electrons. The number of carbonyl (C=O) groups excluding carboxylic acids is 1. The zero-order chi connectivity index (χ0) is 25.7. The molecule has 2 fully saturated rings. The van der Waals surface area contributed by atoms with Gasteiger partial charge in [-0.25, -0.2) is 4.79 Å². The quantitative estimate of drug-likeness (QED) is 0.430. The van der Waals surface area contributed by atoms with Crippen LogP contribution in [0.2, 0.25) is 0 Å². The Balaban J connectivity index is 1.53. The van der Waals surface area contributed by atoms with Crippen LogP contribution in [-0.2, 0) is 9.47 Å². The average molecular weight is 496 g/mol. The molecule has 2 aliphatic rings. The van der Waals surface area contributed by atoms with Crippen molar-refractivity contribution < 1.29 is 24.1 Å². The molecule has 0 spiro atoms. The van der Waals surface area contributed by atoms with Gasteiger partial charge in [0.1, 0.15) is 23.3 Å². The number of nitrogens with one attached hydrogen (secondary N) is 2. The number of phenolic OH excluding ortho intramolecular Hbond substituents is 1. The third kappa shape index (κ3) is 6.69. The third-order valence-electron chi connectivity index (χ3n) is 6.40. The second-order valence-electron chi connectivity index (χ2n) is 10.5. The summed E-state index contributed by atoms with van der Waals surface area (Å²) in [6.45, 7) is 7.96. The van der Waals surface area contributed by atoms with E-state index in [0.29, 0.717) is 37.6 Å². The van der Waals surface area contributed by atoms with Gasteiger partial charge >= 0.3 is 6.09 Å². The van der Waals surface area contributed by atoms with Gasteiger partial charge in [-0.15, -0.1) is 0 Å². The number of benzene rings is 2. The van der Waals surface area contributed by atoms with Crippen LogP contribution in [-0.4, -0.2) is 60.4 Å². The van der Waals surface area contributed by atoms with Gasteiger partial charge in [-0.05, 0) is 81.8 Å². The number of phenols is 1. The van der Waals surface area contributed by atoms with Crippen molar-refractivity contribution in [3.63, 3.8) is 0 Å². The summed E-state index contributed by atoms with van der Waals surface area (Å²) in [5.41, 5.74) is 2.76. The monoisotopic (exact) mass is 495 g/mol. The van der Waals surface area contributed by atoms with Gasteiger partial charge in [-0.1, -0.05) is 12.1 Å². The van der Waals surface area contributed by atoms with Crippen LogP contribution in [0.15, 0.2) is 36.4 Å². The number of anilines is 1. The van der Waals surface area contributed by atoms with Gasteiger partial charge < -0.3 is 34.9 Å². The van der Waals surface area contributed by atoms with Gasteiger partial charge in [0, 0.05) is 37.5 Å². The number of rotatable bonds is 7. The predicted molar refractivity (Wildman–Crippen MR) is 140 cm³/mol. The molecule has 2 aliphatic heterocycles. The standard InChI is InChI=1S/C28H37N3O5/c1-28(2,3)36-27(33)31-12-11-19(17-31)18-35-25-15-21(20-7-9-22(32)10-8-20)14-24(23(25)16-29)30-26-6-4-5-13-34-26/h7-10,14-16,19,26,29-30,32H,4-6,11-13,17-18H2,1-3H3/t19-,26?/m0/s1. The lowest BCUT2D eigenvalue weighted by atomic mass is 10.0. The molecule has 2 heterocycles. The molecule has 0 aromatic heterocycles. The second kappa shape index (κ2) is 11.2. The third-order valence-corrected chi connectivity index (χ3v) is 6.40. The Hall–Kier alpha value is -3.26. The summed E-state index contributed by atoms with van der Waals surface area (Å²) >= 11 is 0. The van der Waals surface area contributed by atoms with Crippen LogP contribution in [0.4, 0.5) is 10.5 Å². The summed E-state index contributed by atoms with van der Waals surface area (Å²) in [4.78, 5) is 14.2. The number of hydrogen-bond donors (Lipinski definition) is 3. The summed E-state index contributed by atoms with van der Waals surface area (Å²) < 4.78 is 17.7. The molecule has 2 atom stereocenters. The zero-order valence-corrected chi connectivity index (χ0v) is 21.4. The van der Waals surface area contributed by atoms with Crippen molar-refractivity contribution in [2.75, 3.05) is 31.6 Å². The molecule has 8 nitrogen and oxygen atoms in total. The summed E-state index contributed by atoms with van der Waals surface area (Å²) in [6, 6.07) is 10.9. The highest BCUT2D eigenvalue weighted by Gasteiger charge is 2.30. The highest BCUT2D eigenvalue weighted by atomic mass is 16.6.